The molecule has 7 atom stereocenters. The number of rotatable bonds is 2. The van der Waals surface area contributed by atoms with Crippen LogP contribution in [0.15, 0.2) is 41.5 Å². The molecule has 2 N–H and O–H groups in total. The summed E-state index contributed by atoms with van der Waals surface area (Å²) in [7, 11) is 0. The van der Waals surface area contributed by atoms with E-state index in [2.05, 4.69) is 36.5 Å². The van der Waals surface area contributed by atoms with Crippen molar-refractivity contribution in [2.24, 2.45) is 27.8 Å². The van der Waals surface area contributed by atoms with Crippen LogP contribution in [0.25, 0.3) is 0 Å². The van der Waals surface area contributed by atoms with Gasteiger partial charge in [0, 0.05) is 40.4 Å². The predicted octanol–water partition coefficient (Wildman–Crippen LogP) is 4.30. The number of hydrogen-bond donors (Lipinski definition) is 2. The van der Waals surface area contributed by atoms with Crippen LogP contribution in [0, 0.1) is 28.5 Å². The molecule has 1 aromatic carbocycles. The van der Waals surface area contributed by atoms with E-state index in [-0.39, 0.29) is 34.6 Å². The fourth-order valence-corrected chi connectivity index (χ4v) is 7.86. The summed E-state index contributed by atoms with van der Waals surface area (Å²) in [4.78, 5) is 25.0. The second-order valence-corrected chi connectivity index (χ2v) is 11.2. The number of fused-ring (bicyclic) bond motifs is 2. The maximum absolute atomic E-state index is 13.2. The summed E-state index contributed by atoms with van der Waals surface area (Å²) < 4.78 is 13.2. The molecule has 0 unspecified atom stereocenters. The van der Waals surface area contributed by atoms with Gasteiger partial charge in [-0.2, -0.15) is 5.10 Å². The summed E-state index contributed by atoms with van der Waals surface area (Å²) in [6, 6.07) is 5.47. The van der Waals surface area contributed by atoms with Crippen molar-refractivity contribution in [3.63, 3.8) is 0 Å². The molecule has 4 fully saturated rings. The number of amides is 1. The molecule has 33 heavy (non-hydrogen) atoms. The molecular weight excluding hydrogens is 423 g/mol. The predicted molar refractivity (Wildman–Crippen MR) is 120 cm³/mol. The largest absolute Gasteiger partial charge is 0.393 e. The van der Waals surface area contributed by atoms with E-state index in [1.807, 2.05) is 0 Å². The number of hydrogen-bond acceptors (Lipinski definition) is 5. The van der Waals surface area contributed by atoms with Crippen LogP contribution in [-0.4, -0.2) is 34.0 Å². The molecule has 1 amide bonds. The topological polar surface area (TPSA) is 80.2 Å². The van der Waals surface area contributed by atoms with Gasteiger partial charge in [0.05, 0.1) is 6.10 Å². The van der Waals surface area contributed by atoms with Crippen molar-refractivity contribution in [1.29, 1.82) is 0 Å². The number of aliphatic hydroxyl groups excluding tert-OH is 1. The van der Waals surface area contributed by atoms with Crippen LogP contribution < -0.4 is 5.43 Å². The fourth-order valence-electron chi connectivity index (χ4n) is 7.86. The maximum Gasteiger partial charge on any atom is 0.271 e. The molecule has 2 heterocycles. The molecule has 2 aliphatic heterocycles. The van der Waals surface area contributed by atoms with E-state index in [1.165, 1.54) is 24.3 Å². The molecule has 4 aliphatic carbocycles. The van der Waals surface area contributed by atoms with Crippen molar-refractivity contribution in [3.05, 3.63) is 47.8 Å². The number of nitrogens with zero attached hydrogens (tertiary/aromatic N) is 1. The lowest BCUT2D eigenvalue weighted by atomic mass is 9.43. The van der Waals surface area contributed by atoms with Crippen LogP contribution in [0.3, 0.4) is 0 Å². The SMILES string of the molecule is C[C@]12CC[C@H]3[C@]4(C=C[C@]5(C[C@@H](O)CC[C@]35C)OO4)[C@@H]1CC/C2=N\NC(=O)c1ccc(F)cc1. The quantitative estimate of drug-likeness (QED) is 0.397. The van der Waals surface area contributed by atoms with Crippen LogP contribution in [0.4, 0.5) is 4.39 Å². The lowest BCUT2D eigenvalue weighted by Crippen LogP contribution is -2.73. The van der Waals surface area contributed by atoms with Crippen LogP contribution >= 0.6 is 0 Å². The highest BCUT2D eigenvalue weighted by Gasteiger charge is 2.74. The minimum absolute atomic E-state index is 0.0722. The number of nitrogens with one attached hydrogen (secondary N) is 1. The summed E-state index contributed by atoms with van der Waals surface area (Å²) in [5.74, 6) is -0.194. The van der Waals surface area contributed by atoms with E-state index >= 15 is 0 Å². The number of benzene rings is 1. The molecule has 6 nitrogen and oxygen atoms in total. The molecule has 1 saturated heterocycles. The van der Waals surface area contributed by atoms with Gasteiger partial charge in [-0.25, -0.2) is 19.6 Å². The first-order valence-corrected chi connectivity index (χ1v) is 12.1. The van der Waals surface area contributed by atoms with Gasteiger partial charge in [0.25, 0.3) is 5.91 Å². The molecule has 1 aromatic rings. The monoisotopic (exact) mass is 454 g/mol. The zero-order valence-electron chi connectivity index (χ0n) is 19.1. The third-order valence-electron chi connectivity index (χ3n) is 9.76. The van der Waals surface area contributed by atoms with E-state index in [4.69, 9.17) is 9.78 Å². The zero-order valence-corrected chi connectivity index (χ0v) is 19.1. The summed E-state index contributed by atoms with van der Waals surface area (Å²) in [5.41, 5.74) is 2.72. The Balaban J connectivity index is 1.29. The Morgan fingerprint density at radius 3 is 2.61 bits per heavy atom. The summed E-state index contributed by atoms with van der Waals surface area (Å²) in [5, 5.41) is 14.9. The first kappa shape index (κ1) is 21.4. The van der Waals surface area contributed by atoms with Crippen molar-refractivity contribution < 1.29 is 24.1 Å². The van der Waals surface area contributed by atoms with Crippen molar-refractivity contribution in [1.82, 2.24) is 5.43 Å². The highest BCUT2D eigenvalue weighted by atomic mass is 19.1. The molecule has 176 valence electrons. The van der Waals surface area contributed by atoms with Gasteiger partial charge in [-0.1, -0.05) is 19.9 Å². The van der Waals surface area contributed by atoms with E-state index in [1.54, 1.807) is 0 Å². The molecule has 0 aromatic heterocycles. The highest BCUT2D eigenvalue weighted by molar-refractivity contribution is 5.97. The second kappa shape index (κ2) is 6.96. The first-order chi connectivity index (χ1) is 15.7. The van der Waals surface area contributed by atoms with Crippen molar-refractivity contribution in [2.45, 2.75) is 76.1 Å². The van der Waals surface area contributed by atoms with Crippen LogP contribution in [0.2, 0.25) is 0 Å². The van der Waals surface area contributed by atoms with Crippen LogP contribution in [0.1, 0.15) is 69.2 Å². The Hall–Kier alpha value is -2.09. The molecule has 0 radical (unpaired) electrons. The normalized spacial score (nSPS) is 46.5. The van der Waals surface area contributed by atoms with Gasteiger partial charge in [0.15, 0.2) is 0 Å². The third kappa shape index (κ3) is 2.76. The number of aliphatic hydroxyl groups is 1. The van der Waals surface area contributed by atoms with E-state index in [9.17, 15) is 14.3 Å². The maximum atomic E-state index is 13.2. The summed E-state index contributed by atoms with van der Waals surface area (Å²) in [6.45, 7) is 4.55. The van der Waals surface area contributed by atoms with Crippen LogP contribution in [-0.2, 0) is 9.78 Å². The lowest BCUT2D eigenvalue weighted by molar-refractivity contribution is -0.496. The Morgan fingerprint density at radius 1 is 1.09 bits per heavy atom. The minimum atomic E-state index is -0.552. The molecule has 2 bridgehead atoms. The van der Waals surface area contributed by atoms with Crippen molar-refractivity contribution in [3.8, 4) is 0 Å². The highest BCUT2D eigenvalue weighted by Crippen LogP contribution is 2.70. The zero-order chi connectivity index (χ0) is 23.1. The average Bonchev–Trinajstić information content (AvgIpc) is 3.15. The Kier molecular flexibility index (Phi) is 4.53. The third-order valence-corrected chi connectivity index (χ3v) is 9.76. The van der Waals surface area contributed by atoms with Crippen molar-refractivity contribution in [2.75, 3.05) is 0 Å². The van der Waals surface area contributed by atoms with Crippen molar-refractivity contribution >= 4 is 11.6 Å². The van der Waals surface area contributed by atoms with E-state index in [0.29, 0.717) is 17.9 Å². The lowest BCUT2D eigenvalue weighted by Gasteiger charge is -2.69. The van der Waals surface area contributed by atoms with E-state index in [0.717, 1.165) is 44.2 Å². The van der Waals surface area contributed by atoms with Gasteiger partial charge < -0.3 is 5.11 Å². The number of carbonyl (C=O) groups is 1. The van der Waals surface area contributed by atoms with Gasteiger partial charge in [-0.15, -0.1) is 0 Å². The smallest absolute Gasteiger partial charge is 0.271 e. The molecule has 2 spiro atoms. The number of hydrazone groups is 1. The number of carbonyl (C=O) groups excluding carboxylic acids is 1. The second-order valence-electron chi connectivity index (χ2n) is 11.2. The standard InChI is InChI=1S/C26H31FN2O4/c1-23-11-10-20-24(2)12-9-18(30)15-25(24)13-14-26(20,33-32-25)19(23)7-8-21(23)28-29-22(31)16-3-5-17(27)6-4-16/h3-6,13-14,18-20,30H,7-12,15H2,1-2H3,(H,29,31)/b28-21+/t18-,19+,20+,23-,24+,25+,26-/m0/s1. The van der Waals surface area contributed by atoms with Gasteiger partial charge in [0.2, 0.25) is 0 Å². The van der Waals surface area contributed by atoms with Gasteiger partial charge in [-0.3, -0.25) is 4.79 Å². The molecule has 7 heteroatoms. The summed E-state index contributed by atoms with van der Waals surface area (Å²) in [6.07, 6.45) is 10.0. The number of halogens is 1. The van der Waals surface area contributed by atoms with Gasteiger partial charge in [0.1, 0.15) is 17.0 Å². The minimum Gasteiger partial charge on any atom is -0.393 e. The van der Waals surface area contributed by atoms with E-state index < -0.39 is 11.2 Å². The molecule has 3 saturated carbocycles. The Morgan fingerprint density at radius 2 is 1.88 bits per heavy atom. The van der Waals surface area contributed by atoms with Gasteiger partial charge in [-0.05, 0) is 68.9 Å². The fraction of sp³-hybridized carbons (Fsp3) is 0.615. The molecular formula is C26H31FN2O4. The summed E-state index contributed by atoms with van der Waals surface area (Å²) >= 11 is 0. The van der Waals surface area contributed by atoms with Crippen LogP contribution in [0.5, 0.6) is 0 Å². The Labute approximate surface area is 193 Å². The van der Waals surface area contributed by atoms with Gasteiger partial charge >= 0.3 is 0 Å². The molecule has 6 aliphatic rings. The molecule has 7 rings (SSSR count). The first-order valence-electron chi connectivity index (χ1n) is 12.1. The Bertz CT molecular complexity index is 1060. The average molecular weight is 455 g/mol.